The maximum Gasteiger partial charge on any atom is 0.270 e. The van der Waals surface area contributed by atoms with Crippen LogP contribution in [-0.2, 0) is 4.79 Å². The molecule has 3 rings (SSSR count). The van der Waals surface area contributed by atoms with E-state index in [4.69, 9.17) is 0 Å². The summed E-state index contributed by atoms with van der Waals surface area (Å²) < 4.78 is 0. The van der Waals surface area contributed by atoms with Crippen molar-refractivity contribution in [1.82, 2.24) is 5.43 Å². The zero-order valence-electron chi connectivity index (χ0n) is 18.0. The Morgan fingerprint density at radius 3 is 2.58 bits per heavy atom. The van der Waals surface area contributed by atoms with Gasteiger partial charge in [-0.15, -0.1) is 0 Å². The standard InChI is InChI=1S/C23H29N5O3/c1-17-8-10-19(11-9-17)24-16-23(29)26-25-15-18-14-21(28(30)31)12-13-22(18)27(2)20-6-4-3-5-7-20/h8-15,20,24H,3-7,16H2,1-2H3,(H,26,29)/b25-15-. The Hall–Kier alpha value is -3.42. The van der Waals surface area contributed by atoms with E-state index in [1.54, 1.807) is 6.07 Å². The number of aryl methyl sites for hydroxylation is 1. The van der Waals surface area contributed by atoms with Gasteiger partial charge in [0.1, 0.15) is 0 Å². The van der Waals surface area contributed by atoms with Gasteiger partial charge in [-0.1, -0.05) is 37.0 Å². The molecule has 1 amide bonds. The second-order valence-corrected chi connectivity index (χ2v) is 7.92. The number of nitrogens with one attached hydrogen (secondary N) is 2. The lowest BCUT2D eigenvalue weighted by atomic mass is 9.94. The zero-order valence-corrected chi connectivity index (χ0v) is 18.0. The first kappa shape index (κ1) is 22.3. The van der Waals surface area contributed by atoms with Crippen LogP contribution in [0.2, 0.25) is 0 Å². The van der Waals surface area contributed by atoms with Crippen LogP contribution in [0.4, 0.5) is 17.1 Å². The van der Waals surface area contributed by atoms with Crippen LogP contribution in [0.3, 0.4) is 0 Å². The van der Waals surface area contributed by atoms with E-state index in [1.165, 1.54) is 37.6 Å². The van der Waals surface area contributed by atoms with Crippen LogP contribution in [0.1, 0.15) is 43.2 Å². The average Bonchev–Trinajstić information content (AvgIpc) is 2.78. The smallest absolute Gasteiger partial charge is 0.270 e. The van der Waals surface area contributed by atoms with Crippen molar-refractivity contribution < 1.29 is 9.72 Å². The van der Waals surface area contributed by atoms with Gasteiger partial charge in [0.25, 0.3) is 11.6 Å². The summed E-state index contributed by atoms with van der Waals surface area (Å²) in [6.07, 6.45) is 7.31. The number of hydrogen-bond acceptors (Lipinski definition) is 6. The van der Waals surface area contributed by atoms with Gasteiger partial charge in [0.05, 0.1) is 17.7 Å². The van der Waals surface area contributed by atoms with Gasteiger partial charge in [0.2, 0.25) is 0 Å². The Morgan fingerprint density at radius 2 is 1.90 bits per heavy atom. The van der Waals surface area contributed by atoms with E-state index in [0.29, 0.717) is 11.6 Å². The second kappa shape index (κ2) is 10.6. The first-order valence-corrected chi connectivity index (χ1v) is 10.6. The van der Waals surface area contributed by atoms with Crippen molar-refractivity contribution >= 4 is 29.2 Å². The molecule has 8 heteroatoms. The van der Waals surface area contributed by atoms with Crippen molar-refractivity contribution in [3.8, 4) is 0 Å². The molecule has 31 heavy (non-hydrogen) atoms. The SMILES string of the molecule is Cc1ccc(NCC(=O)N/N=C\c2cc([N+](=O)[O-])ccc2N(C)C2CCCCC2)cc1. The lowest BCUT2D eigenvalue weighted by Gasteiger charge is -2.33. The Balaban J connectivity index is 1.66. The number of hydrogen-bond donors (Lipinski definition) is 2. The van der Waals surface area contributed by atoms with Crippen LogP contribution >= 0.6 is 0 Å². The largest absolute Gasteiger partial charge is 0.376 e. The number of benzene rings is 2. The van der Waals surface area contributed by atoms with Crippen LogP contribution in [0, 0.1) is 17.0 Å². The van der Waals surface area contributed by atoms with E-state index < -0.39 is 4.92 Å². The summed E-state index contributed by atoms with van der Waals surface area (Å²) in [7, 11) is 2.01. The maximum absolute atomic E-state index is 12.1. The van der Waals surface area contributed by atoms with E-state index >= 15 is 0 Å². The average molecular weight is 424 g/mol. The molecule has 0 aromatic heterocycles. The highest BCUT2D eigenvalue weighted by molar-refractivity contribution is 5.90. The number of nitro groups is 1. The monoisotopic (exact) mass is 423 g/mol. The quantitative estimate of drug-likeness (QED) is 0.376. The summed E-state index contributed by atoms with van der Waals surface area (Å²) in [5, 5.41) is 18.3. The van der Waals surface area contributed by atoms with Gasteiger partial charge in [0.15, 0.2) is 0 Å². The summed E-state index contributed by atoms with van der Waals surface area (Å²) in [6, 6.07) is 12.9. The normalized spacial score (nSPS) is 14.4. The molecule has 2 aromatic rings. The van der Waals surface area contributed by atoms with Gasteiger partial charge in [0, 0.05) is 42.2 Å². The van der Waals surface area contributed by atoms with E-state index in [9.17, 15) is 14.9 Å². The predicted molar refractivity (Wildman–Crippen MR) is 124 cm³/mol. The third kappa shape index (κ3) is 6.28. The second-order valence-electron chi connectivity index (χ2n) is 7.92. The summed E-state index contributed by atoms with van der Waals surface area (Å²) in [6.45, 7) is 2.07. The van der Waals surface area contributed by atoms with Crippen LogP contribution in [-0.4, -0.2) is 36.7 Å². The first-order chi connectivity index (χ1) is 14.9. The van der Waals surface area contributed by atoms with E-state index in [0.717, 1.165) is 29.8 Å². The minimum atomic E-state index is -0.425. The summed E-state index contributed by atoms with van der Waals surface area (Å²) >= 11 is 0. The molecule has 0 radical (unpaired) electrons. The highest BCUT2D eigenvalue weighted by Gasteiger charge is 2.21. The molecule has 0 saturated heterocycles. The lowest BCUT2D eigenvalue weighted by Crippen LogP contribution is -2.34. The molecule has 0 aliphatic heterocycles. The van der Waals surface area contributed by atoms with Gasteiger partial charge in [-0.3, -0.25) is 14.9 Å². The number of rotatable bonds is 8. The number of anilines is 2. The minimum Gasteiger partial charge on any atom is -0.376 e. The predicted octanol–water partition coefficient (Wildman–Crippen LogP) is 4.23. The Labute approximate surface area is 182 Å². The third-order valence-corrected chi connectivity index (χ3v) is 5.62. The molecule has 1 aliphatic carbocycles. The molecule has 1 fully saturated rings. The fraction of sp³-hybridized carbons (Fsp3) is 0.391. The fourth-order valence-corrected chi connectivity index (χ4v) is 3.81. The highest BCUT2D eigenvalue weighted by Crippen LogP contribution is 2.30. The molecule has 8 nitrogen and oxygen atoms in total. The first-order valence-electron chi connectivity index (χ1n) is 10.6. The summed E-state index contributed by atoms with van der Waals surface area (Å²) in [4.78, 5) is 25.1. The van der Waals surface area contributed by atoms with Crippen LogP contribution in [0.5, 0.6) is 0 Å². The number of nitro benzene ring substituents is 1. The van der Waals surface area contributed by atoms with Crippen molar-refractivity contribution in [2.45, 2.75) is 45.1 Å². The number of hydrazone groups is 1. The summed E-state index contributed by atoms with van der Waals surface area (Å²) in [5.41, 5.74) is 5.95. The van der Waals surface area contributed by atoms with Gasteiger partial charge in [-0.25, -0.2) is 5.43 Å². The van der Waals surface area contributed by atoms with Crippen LogP contribution < -0.4 is 15.6 Å². The highest BCUT2D eigenvalue weighted by atomic mass is 16.6. The minimum absolute atomic E-state index is 0.00499. The number of nitrogens with zero attached hydrogens (tertiary/aromatic N) is 3. The van der Waals surface area contributed by atoms with Crippen molar-refractivity contribution in [3.63, 3.8) is 0 Å². The molecule has 164 valence electrons. The molecule has 1 aliphatic rings. The van der Waals surface area contributed by atoms with Crippen molar-refractivity contribution in [2.75, 3.05) is 23.8 Å². The molecule has 0 heterocycles. The third-order valence-electron chi connectivity index (χ3n) is 5.62. The van der Waals surface area contributed by atoms with E-state index in [2.05, 4.69) is 20.7 Å². The molecule has 2 aromatic carbocycles. The number of carbonyl (C=O) groups excluding carboxylic acids is 1. The van der Waals surface area contributed by atoms with E-state index in [1.807, 2.05) is 38.2 Å². The molecule has 0 atom stereocenters. The topological polar surface area (TPSA) is 99.9 Å². The number of amides is 1. The lowest BCUT2D eigenvalue weighted by molar-refractivity contribution is -0.384. The van der Waals surface area contributed by atoms with Gasteiger partial charge in [-0.05, 0) is 38.0 Å². The molecule has 0 unspecified atom stereocenters. The van der Waals surface area contributed by atoms with Crippen molar-refractivity contribution in [1.29, 1.82) is 0 Å². The Kier molecular flexibility index (Phi) is 7.59. The van der Waals surface area contributed by atoms with E-state index in [-0.39, 0.29) is 18.1 Å². The Morgan fingerprint density at radius 1 is 1.19 bits per heavy atom. The van der Waals surface area contributed by atoms with Gasteiger partial charge < -0.3 is 10.2 Å². The van der Waals surface area contributed by atoms with Crippen molar-refractivity contribution in [2.24, 2.45) is 5.10 Å². The van der Waals surface area contributed by atoms with Crippen molar-refractivity contribution in [3.05, 3.63) is 63.7 Å². The maximum atomic E-state index is 12.1. The molecular weight excluding hydrogens is 394 g/mol. The molecule has 0 bridgehead atoms. The fourth-order valence-electron chi connectivity index (χ4n) is 3.81. The molecule has 0 spiro atoms. The molecule has 1 saturated carbocycles. The molecule has 2 N–H and O–H groups in total. The molecular formula is C23H29N5O3. The van der Waals surface area contributed by atoms with Crippen LogP contribution in [0.25, 0.3) is 0 Å². The van der Waals surface area contributed by atoms with Gasteiger partial charge in [-0.2, -0.15) is 5.10 Å². The van der Waals surface area contributed by atoms with Crippen LogP contribution in [0.15, 0.2) is 47.6 Å². The Bertz CT molecular complexity index is 937. The number of carbonyl (C=O) groups is 1. The number of non-ortho nitro benzene ring substituents is 1. The van der Waals surface area contributed by atoms with Gasteiger partial charge >= 0.3 is 0 Å². The summed E-state index contributed by atoms with van der Waals surface area (Å²) in [5.74, 6) is -0.301. The zero-order chi connectivity index (χ0) is 22.2.